The maximum atomic E-state index is 13.1. The molecule has 5 nitrogen and oxygen atoms in total. The molecule has 1 aliphatic carbocycles. The van der Waals surface area contributed by atoms with Crippen LogP contribution in [0.5, 0.6) is 0 Å². The number of carbonyl (C=O) groups excluding carboxylic acids is 2. The van der Waals surface area contributed by atoms with Crippen molar-refractivity contribution >= 4 is 23.4 Å². The second kappa shape index (κ2) is 6.02. The average Bonchev–Trinajstić information content (AvgIpc) is 2.67. The molecule has 1 aliphatic heterocycles. The SMILES string of the molecule is COC(=O)c1ccnc(C2=COC3C=Cc4ccccc4C3C2=O)c1. The van der Waals surface area contributed by atoms with Crippen LogP contribution in [0.3, 0.4) is 0 Å². The number of benzene rings is 1. The number of ketones is 1. The molecule has 0 radical (unpaired) electrons. The van der Waals surface area contributed by atoms with Crippen LogP contribution in [0.4, 0.5) is 0 Å². The van der Waals surface area contributed by atoms with Gasteiger partial charge in [0.2, 0.25) is 0 Å². The molecular formula is C20H15NO4. The zero-order valence-electron chi connectivity index (χ0n) is 13.5. The third-order valence-corrected chi connectivity index (χ3v) is 4.47. The van der Waals surface area contributed by atoms with E-state index in [1.165, 1.54) is 19.6 Å². The summed E-state index contributed by atoms with van der Waals surface area (Å²) in [6.07, 6.45) is 6.46. The number of rotatable bonds is 2. The van der Waals surface area contributed by atoms with Gasteiger partial charge in [-0.15, -0.1) is 0 Å². The van der Waals surface area contributed by atoms with Gasteiger partial charge in [0.1, 0.15) is 6.10 Å². The predicted octanol–water partition coefficient (Wildman–Crippen LogP) is 2.99. The second-order valence-corrected chi connectivity index (χ2v) is 5.88. The van der Waals surface area contributed by atoms with Crippen molar-refractivity contribution in [1.29, 1.82) is 0 Å². The minimum absolute atomic E-state index is 0.0671. The molecule has 1 aromatic heterocycles. The number of aromatic nitrogens is 1. The maximum absolute atomic E-state index is 13.1. The van der Waals surface area contributed by atoms with E-state index in [-0.39, 0.29) is 11.9 Å². The van der Waals surface area contributed by atoms with E-state index < -0.39 is 11.9 Å². The van der Waals surface area contributed by atoms with Crippen molar-refractivity contribution in [3.63, 3.8) is 0 Å². The Kier molecular flexibility index (Phi) is 3.69. The Morgan fingerprint density at radius 1 is 1.24 bits per heavy atom. The van der Waals surface area contributed by atoms with Crippen molar-refractivity contribution < 1.29 is 19.1 Å². The molecule has 0 saturated heterocycles. The third-order valence-electron chi connectivity index (χ3n) is 4.47. The van der Waals surface area contributed by atoms with E-state index in [4.69, 9.17) is 9.47 Å². The van der Waals surface area contributed by atoms with Gasteiger partial charge in [-0.2, -0.15) is 0 Å². The zero-order chi connectivity index (χ0) is 17.4. The Bertz CT molecular complexity index is 929. The van der Waals surface area contributed by atoms with Gasteiger partial charge in [0, 0.05) is 6.20 Å². The molecule has 4 rings (SSSR count). The molecule has 1 aromatic carbocycles. The van der Waals surface area contributed by atoms with Crippen LogP contribution in [0.2, 0.25) is 0 Å². The topological polar surface area (TPSA) is 65.5 Å². The Labute approximate surface area is 144 Å². The van der Waals surface area contributed by atoms with Crippen molar-refractivity contribution in [2.24, 2.45) is 0 Å². The molecule has 0 bridgehead atoms. The average molecular weight is 333 g/mol. The quantitative estimate of drug-likeness (QED) is 0.791. The fraction of sp³-hybridized carbons (Fsp3) is 0.150. The number of methoxy groups -OCH3 is 1. The van der Waals surface area contributed by atoms with E-state index in [1.807, 2.05) is 36.4 Å². The van der Waals surface area contributed by atoms with E-state index in [9.17, 15) is 9.59 Å². The highest BCUT2D eigenvalue weighted by atomic mass is 16.5. The highest BCUT2D eigenvalue weighted by Crippen LogP contribution is 2.39. The Balaban J connectivity index is 1.74. The third kappa shape index (κ3) is 2.54. The first kappa shape index (κ1) is 15.3. The van der Waals surface area contributed by atoms with E-state index >= 15 is 0 Å². The van der Waals surface area contributed by atoms with Crippen molar-refractivity contribution in [2.45, 2.75) is 12.0 Å². The summed E-state index contributed by atoms with van der Waals surface area (Å²) in [6.45, 7) is 0. The number of nitrogens with zero attached hydrogens (tertiary/aromatic N) is 1. The van der Waals surface area contributed by atoms with Gasteiger partial charge in [0.05, 0.1) is 36.1 Å². The summed E-state index contributed by atoms with van der Waals surface area (Å²) in [4.78, 5) is 29.1. The second-order valence-electron chi connectivity index (χ2n) is 5.88. The Morgan fingerprint density at radius 2 is 2.08 bits per heavy atom. The molecule has 2 atom stereocenters. The minimum Gasteiger partial charge on any atom is -0.492 e. The largest absolute Gasteiger partial charge is 0.492 e. The lowest BCUT2D eigenvalue weighted by Gasteiger charge is -2.32. The fourth-order valence-electron chi connectivity index (χ4n) is 3.23. The summed E-state index contributed by atoms with van der Waals surface area (Å²) in [5, 5.41) is 0. The number of fused-ring (bicyclic) bond motifs is 3. The van der Waals surface area contributed by atoms with Gasteiger partial charge < -0.3 is 9.47 Å². The van der Waals surface area contributed by atoms with Crippen LogP contribution in [0, 0.1) is 0 Å². The van der Waals surface area contributed by atoms with Gasteiger partial charge in [0.15, 0.2) is 5.78 Å². The van der Waals surface area contributed by atoms with Crippen LogP contribution in [0.25, 0.3) is 11.6 Å². The van der Waals surface area contributed by atoms with Gasteiger partial charge in [-0.1, -0.05) is 30.3 Å². The van der Waals surface area contributed by atoms with Gasteiger partial charge in [0.25, 0.3) is 0 Å². The molecule has 0 amide bonds. The highest BCUT2D eigenvalue weighted by Gasteiger charge is 2.38. The lowest BCUT2D eigenvalue weighted by Crippen LogP contribution is -2.33. The molecular weight excluding hydrogens is 318 g/mol. The van der Waals surface area contributed by atoms with Crippen molar-refractivity contribution in [3.05, 3.63) is 77.3 Å². The number of Topliss-reactive ketones (excluding diaryl/α,β-unsaturated/α-hetero) is 1. The molecule has 2 aliphatic rings. The fourth-order valence-corrected chi connectivity index (χ4v) is 3.23. The van der Waals surface area contributed by atoms with E-state index in [2.05, 4.69) is 4.98 Å². The van der Waals surface area contributed by atoms with Crippen LogP contribution >= 0.6 is 0 Å². The van der Waals surface area contributed by atoms with Gasteiger partial charge >= 0.3 is 5.97 Å². The monoisotopic (exact) mass is 333 g/mol. The summed E-state index contributed by atoms with van der Waals surface area (Å²) in [5.74, 6) is -0.954. The van der Waals surface area contributed by atoms with Crippen molar-refractivity contribution in [2.75, 3.05) is 7.11 Å². The highest BCUT2D eigenvalue weighted by molar-refractivity contribution is 6.24. The number of allylic oxidation sites excluding steroid dienone is 1. The Hall–Kier alpha value is -3.21. The maximum Gasteiger partial charge on any atom is 0.337 e. The van der Waals surface area contributed by atoms with E-state index in [0.717, 1.165) is 11.1 Å². The summed E-state index contributed by atoms with van der Waals surface area (Å²) < 4.78 is 10.5. The molecule has 2 unspecified atom stereocenters. The minimum atomic E-state index is -0.475. The van der Waals surface area contributed by atoms with Crippen LogP contribution in [0.1, 0.15) is 33.1 Å². The van der Waals surface area contributed by atoms with Crippen LogP contribution in [-0.2, 0) is 14.3 Å². The number of ether oxygens (including phenoxy) is 2. The number of hydrogen-bond donors (Lipinski definition) is 0. The molecule has 124 valence electrons. The lowest BCUT2D eigenvalue weighted by molar-refractivity contribution is -0.118. The van der Waals surface area contributed by atoms with Gasteiger partial charge in [-0.25, -0.2) is 4.79 Å². The number of hydrogen-bond acceptors (Lipinski definition) is 5. The first-order chi connectivity index (χ1) is 12.2. The predicted molar refractivity (Wildman–Crippen MR) is 91.7 cm³/mol. The molecule has 5 heteroatoms. The van der Waals surface area contributed by atoms with Crippen LogP contribution < -0.4 is 0 Å². The van der Waals surface area contributed by atoms with Crippen LogP contribution in [-0.4, -0.2) is 30.0 Å². The van der Waals surface area contributed by atoms with Gasteiger partial charge in [-0.05, 0) is 29.3 Å². The molecule has 25 heavy (non-hydrogen) atoms. The first-order valence-corrected chi connectivity index (χ1v) is 7.91. The summed E-state index contributed by atoms with van der Waals surface area (Å²) in [6, 6.07) is 10.9. The van der Waals surface area contributed by atoms with E-state index in [0.29, 0.717) is 16.8 Å². The van der Waals surface area contributed by atoms with Crippen molar-refractivity contribution in [3.8, 4) is 0 Å². The standard InChI is InChI=1S/C20H15NO4/c1-24-20(23)13-8-9-21-16(10-13)15-11-25-17-7-6-12-4-2-3-5-14(12)18(17)19(15)22/h2-11,17-18H,1H3. The van der Waals surface area contributed by atoms with E-state index in [1.54, 1.807) is 12.1 Å². The molecule has 0 N–H and O–H groups in total. The number of carbonyl (C=O) groups is 2. The molecule has 0 fully saturated rings. The normalized spacial score (nSPS) is 20.8. The number of esters is 1. The molecule has 0 saturated carbocycles. The van der Waals surface area contributed by atoms with Crippen LogP contribution in [0.15, 0.2) is 54.9 Å². The first-order valence-electron chi connectivity index (χ1n) is 7.91. The smallest absolute Gasteiger partial charge is 0.337 e. The number of pyridine rings is 1. The summed E-state index contributed by atoms with van der Waals surface area (Å²) in [7, 11) is 1.31. The molecule has 2 aromatic rings. The van der Waals surface area contributed by atoms with Gasteiger partial charge in [-0.3, -0.25) is 9.78 Å². The van der Waals surface area contributed by atoms with Crippen molar-refractivity contribution in [1.82, 2.24) is 4.98 Å². The summed E-state index contributed by atoms with van der Waals surface area (Å²) >= 11 is 0. The summed E-state index contributed by atoms with van der Waals surface area (Å²) in [5.41, 5.74) is 3.05. The molecule has 0 spiro atoms. The lowest BCUT2D eigenvalue weighted by atomic mass is 9.78. The zero-order valence-corrected chi connectivity index (χ0v) is 13.5. The molecule has 2 heterocycles. The Morgan fingerprint density at radius 3 is 2.92 bits per heavy atom.